The highest BCUT2D eigenvalue weighted by atomic mass is 32.2. The van der Waals surface area contributed by atoms with Crippen LogP contribution in [0.4, 0.5) is 5.69 Å². The number of anilines is 1. The highest BCUT2D eigenvalue weighted by Gasteiger charge is 2.47. The first kappa shape index (κ1) is 29.5. The van der Waals surface area contributed by atoms with Gasteiger partial charge < -0.3 is 10.1 Å². The van der Waals surface area contributed by atoms with Crippen LogP contribution in [0.3, 0.4) is 0 Å². The summed E-state index contributed by atoms with van der Waals surface area (Å²) in [5.74, 6) is 0.150. The molecule has 2 saturated heterocycles. The van der Waals surface area contributed by atoms with Gasteiger partial charge in [-0.3, -0.25) is 18.8 Å². The summed E-state index contributed by atoms with van der Waals surface area (Å²) in [6.45, 7) is 8.09. The van der Waals surface area contributed by atoms with Crippen LogP contribution in [0.25, 0.3) is 11.0 Å². The zero-order chi connectivity index (χ0) is 29.5. The molecule has 2 fully saturated rings. The zero-order valence-electron chi connectivity index (χ0n) is 24.6. The van der Waals surface area contributed by atoms with Crippen LogP contribution in [0.1, 0.15) is 38.7 Å². The Morgan fingerprint density at radius 1 is 1.07 bits per heavy atom. The van der Waals surface area contributed by atoms with Crippen LogP contribution in [0.15, 0.2) is 52.2 Å². The molecular weight excluding hydrogens is 542 g/mol. The minimum absolute atomic E-state index is 0.122. The molecule has 2 atom stereocenters. The number of hydrogen-bond acceptors (Lipinski definition) is 6. The van der Waals surface area contributed by atoms with Gasteiger partial charge in [-0.15, -0.1) is 0 Å². The SMILES string of the molecule is Cc1ccc(S(=O)(=O)N2CC3(CCCN(CC(=O)Nc4ccc5c(c4)n(C)c(=O)n5C)C3)OC[C@@H]2CC(C)C)cc1. The number of aromatic nitrogens is 2. The van der Waals surface area contributed by atoms with Gasteiger partial charge in [0, 0.05) is 38.9 Å². The first-order valence-electron chi connectivity index (χ1n) is 14.3. The normalized spacial score (nSPS) is 22.5. The molecule has 3 heterocycles. The van der Waals surface area contributed by atoms with Crippen LogP contribution in [0.2, 0.25) is 0 Å². The summed E-state index contributed by atoms with van der Waals surface area (Å²) < 4.78 is 39.1. The Kier molecular flexibility index (Phi) is 8.17. The predicted octanol–water partition coefficient (Wildman–Crippen LogP) is 3.09. The van der Waals surface area contributed by atoms with Crippen LogP contribution in [0.5, 0.6) is 0 Å². The first-order valence-corrected chi connectivity index (χ1v) is 15.7. The number of ether oxygens (including phenoxy) is 1. The van der Waals surface area contributed by atoms with E-state index in [2.05, 4.69) is 24.1 Å². The van der Waals surface area contributed by atoms with E-state index in [1.807, 2.05) is 25.1 Å². The minimum atomic E-state index is -3.72. The van der Waals surface area contributed by atoms with Crippen LogP contribution >= 0.6 is 0 Å². The minimum Gasteiger partial charge on any atom is -0.371 e. The lowest BCUT2D eigenvalue weighted by atomic mass is 9.89. The molecule has 10 nitrogen and oxygen atoms in total. The number of carbonyl (C=O) groups excluding carboxylic acids is 1. The molecule has 0 aliphatic carbocycles. The van der Waals surface area contributed by atoms with Gasteiger partial charge in [-0.05, 0) is 69.0 Å². The van der Waals surface area contributed by atoms with E-state index >= 15 is 0 Å². The van der Waals surface area contributed by atoms with E-state index in [0.29, 0.717) is 36.1 Å². The van der Waals surface area contributed by atoms with Crippen molar-refractivity contribution in [2.75, 3.05) is 38.1 Å². The number of nitrogens with one attached hydrogen (secondary N) is 1. The van der Waals surface area contributed by atoms with Crippen molar-refractivity contribution < 1.29 is 17.9 Å². The number of likely N-dealkylation sites (tertiary alicyclic amines) is 1. The molecule has 0 saturated carbocycles. The predicted molar refractivity (Wildman–Crippen MR) is 159 cm³/mol. The standard InChI is InChI=1S/C30H41N5O5S/c1-21(2)15-24-18-40-30(20-35(24)41(38,39)25-10-7-22(3)8-11-25)13-6-14-34(19-30)17-28(36)31-23-9-12-26-27(16-23)33(5)29(37)32(26)4/h7-12,16,21,24H,6,13-15,17-20H2,1-5H3,(H,31,36)/t24-,30?/m0/s1. The van der Waals surface area contributed by atoms with Crippen molar-refractivity contribution in [2.45, 2.75) is 56.6 Å². The average molecular weight is 584 g/mol. The lowest BCUT2D eigenvalue weighted by molar-refractivity contribution is -0.146. The van der Waals surface area contributed by atoms with Crippen molar-refractivity contribution in [1.82, 2.24) is 18.3 Å². The zero-order valence-corrected chi connectivity index (χ0v) is 25.4. The van der Waals surface area contributed by atoms with Gasteiger partial charge in [0.1, 0.15) is 0 Å². The van der Waals surface area contributed by atoms with E-state index in [0.717, 1.165) is 36.0 Å². The Balaban J connectivity index is 1.31. The van der Waals surface area contributed by atoms with Crippen molar-refractivity contribution >= 4 is 32.7 Å². The van der Waals surface area contributed by atoms with Crippen molar-refractivity contribution in [3.05, 3.63) is 58.5 Å². The van der Waals surface area contributed by atoms with Crippen LogP contribution in [-0.4, -0.2) is 77.1 Å². The molecule has 2 aliphatic rings. The maximum atomic E-state index is 13.9. The number of benzene rings is 2. The van der Waals surface area contributed by atoms with E-state index in [1.165, 1.54) is 0 Å². The number of nitrogens with zero attached hydrogens (tertiary/aromatic N) is 4. The number of rotatable bonds is 7. The average Bonchev–Trinajstić information content (AvgIpc) is 3.13. The summed E-state index contributed by atoms with van der Waals surface area (Å²) in [7, 11) is -0.291. The second-order valence-corrected chi connectivity index (χ2v) is 14.0. The molecule has 2 aromatic carbocycles. The third-order valence-electron chi connectivity index (χ3n) is 8.35. The van der Waals surface area contributed by atoms with Crippen molar-refractivity contribution in [3.8, 4) is 0 Å². The molecule has 41 heavy (non-hydrogen) atoms. The maximum absolute atomic E-state index is 13.9. The molecule has 0 radical (unpaired) electrons. The van der Waals surface area contributed by atoms with Gasteiger partial charge in [-0.2, -0.15) is 4.31 Å². The molecule has 1 amide bonds. The van der Waals surface area contributed by atoms with E-state index in [9.17, 15) is 18.0 Å². The highest BCUT2D eigenvalue weighted by Crippen LogP contribution is 2.35. The first-order chi connectivity index (χ1) is 19.4. The fourth-order valence-electron chi connectivity index (χ4n) is 6.23. The number of hydrogen-bond donors (Lipinski definition) is 1. The van der Waals surface area contributed by atoms with Crippen LogP contribution in [0, 0.1) is 12.8 Å². The Hall–Kier alpha value is -2.99. The highest BCUT2D eigenvalue weighted by molar-refractivity contribution is 7.89. The number of piperidine rings is 1. The van der Waals surface area contributed by atoms with E-state index in [1.54, 1.807) is 51.8 Å². The number of imidazole rings is 1. The molecule has 0 bridgehead atoms. The summed E-state index contributed by atoms with van der Waals surface area (Å²) in [6, 6.07) is 12.2. The topological polar surface area (TPSA) is 106 Å². The van der Waals surface area contributed by atoms with E-state index in [-0.39, 0.29) is 30.7 Å². The molecule has 222 valence electrons. The van der Waals surface area contributed by atoms with Gasteiger partial charge in [0.25, 0.3) is 0 Å². The summed E-state index contributed by atoms with van der Waals surface area (Å²) in [5.41, 5.74) is 2.37. The number of carbonyl (C=O) groups is 1. The molecule has 3 aromatic rings. The summed E-state index contributed by atoms with van der Waals surface area (Å²) in [6.07, 6.45) is 2.25. The van der Waals surface area contributed by atoms with Crippen molar-refractivity contribution in [3.63, 3.8) is 0 Å². The second kappa shape index (κ2) is 11.4. The van der Waals surface area contributed by atoms with Gasteiger partial charge in [0.2, 0.25) is 15.9 Å². The van der Waals surface area contributed by atoms with Gasteiger partial charge in [-0.25, -0.2) is 13.2 Å². The molecule has 1 N–H and O–H groups in total. The summed E-state index contributed by atoms with van der Waals surface area (Å²) >= 11 is 0. The number of sulfonamides is 1. The second-order valence-electron chi connectivity index (χ2n) is 12.1. The fourth-order valence-corrected chi connectivity index (χ4v) is 7.93. The fraction of sp³-hybridized carbons (Fsp3) is 0.533. The monoisotopic (exact) mass is 583 g/mol. The molecular formula is C30H41N5O5S. The van der Waals surface area contributed by atoms with E-state index in [4.69, 9.17) is 4.74 Å². The Morgan fingerprint density at radius 2 is 1.78 bits per heavy atom. The number of aryl methyl sites for hydroxylation is 3. The summed E-state index contributed by atoms with van der Waals surface area (Å²) in [4.78, 5) is 27.7. The summed E-state index contributed by atoms with van der Waals surface area (Å²) in [5, 5.41) is 2.96. The lowest BCUT2D eigenvalue weighted by Crippen LogP contribution is -2.64. The largest absolute Gasteiger partial charge is 0.371 e. The Bertz CT molecular complexity index is 1590. The number of morpholine rings is 1. The number of amides is 1. The molecule has 11 heteroatoms. The van der Waals surface area contributed by atoms with E-state index < -0.39 is 15.6 Å². The molecule has 2 aliphatic heterocycles. The van der Waals surface area contributed by atoms with Gasteiger partial charge in [-0.1, -0.05) is 31.5 Å². The molecule has 1 spiro atoms. The molecule has 5 rings (SSSR count). The molecule has 1 unspecified atom stereocenters. The molecule has 1 aromatic heterocycles. The Labute approximate surface area is 241 Å². The number of fused-ring (bicyclic) bond motifs is 1. The van der Waals surface area contributed by atoms with Gasteiger partial charge in [0.15, 0.2) is 0 Å². The van der Waals surface area contributed by atoms with Crippen LogP contribution in [-0.2, 0) is 33.7 Å². The quantitative estimate of drug-likeness (QED) is 0.458. The Morgan fingerprint density at radius 3 is 2.49 bits per heavy atom. The van der Waals surface area contributed by atoms with Gasteiger partial charge >= 0.3 is 5.69 Å². The van der Waals surface area contributed by atoms with Crippen LogP contribution < -0.4 is 11.0 Å². The maximum Gasteiger partial charge on any atom is 0.328 e. The lowest BCUT2D eigenvalue weighted by Gasteiger charge is -2.50. The van der Waals surface area contributed by atoms with Crippen molar-refractivity contribution in [2.24, 2.45) is 20.0 Å². The smallest absolute Gasteiger partial charge is 0.328 e. The third-order valence-corrected chi connectivity index (χ3v) is 10.3. The third kappa shape index (κ3) is 5.99. The van der Waals surface area contributed by atoms with Gasteiger partial charge in [0.05, 0.1) is 34.7 Å². The van der Waals surface area contributed by atoms with Crippen molar-refractivity contribution in [1.29, 1.82) is 0 Å².